The predicted octanol–water partition coefficient (Wildman–Crippen LogP) is 1.01. The smallest absolute Gasteiger partial charge is 0.407 e. The number of amides is 2. The molecule has 290 valence electrons. The van der Waals surface area contributed by atoms with Gasteiger partial charge in [-0.1, -0.05) is 30.3 Å². The molecule has 0 spiro atoms. The molecule has 8 atom stereocenters. The fraction of sp³-hybridized carbons (Fsp3) is 0.636. The molecule has 52 heavy (non-hydrogen) atoms. The summed E-state index contributed by atoms with van der Waals surface area (Å²) in [5.41, 5.74) is 6.08. The minimum atomic E-state index is -1.40. The van der Waals surface area contributed by atoms with Crippen molar-refractivity contribution in [1.29, 1.82) is 0 Å². The second kappa shape index (κ2) is 21.7. The predicted molar refractivity (Wildman–Crippen MR) is 172 cm³/mol. The molecular formula is C33H46N2O17. The first-order valence-corrected chi connectivity index (χ1v) is 16.5. The van der Waals surface area contributed by atoms with Gasteiger partial charge in [-0.3, -0.25) is 19.2 Å². The molecule has 19 heteroatoms. The molecule has 3 rings (SSSR count). The van der Waals surface area contributed by atoms with Crippen molar-refractivity contribution in [2.24, 2.45) is 5.73 Å². The number of carbonyl (C=O) groups is 6. The van der Waals surface area contributed by atoms with Gasteiger partial charge in [-0.05, 0) is 5.56 Å². The molecule has 2 aliphatic rings. The van der Waals surface area contributed by atoms with Gasteiger partial charge in [-0.25, -0.2) is 9.59 Å². The average Bonchev–Trinajstić information content (AvgIpc) is 3.07. The van der Waals surface area contributed by atoms with Crippen molar-refractivity contribution >= 4 is 36.1 Å². The summed E-state index contributed by atoms with van der Waals surface area (Å²) in [7, 11) is 0. The van der Waals surface area contributed by atoms with E-state index < -0.39 is 91.9 Å². The van der Waals surface area contributed by atoms with Crippen LogP contribution in [0.15, 0.2) is 30.3 Å². The van der Waals surface area contributed by atoms with E-state index in [-0.39, 0.29) is 52.4 Å². The molecule has 0 bridgehead atoms. The van der Waals surface area contributed by atoms with Gasteiger partial charge in [0, 0.05) is 47.1 Å². The molecule has 2 aliphatic heterocycles. The van der Waals surface area contributed by atoms with Crippen molar-refractivity contribution in [1.82, 2.24) is 5.32 Å². The van der Waals surface area contributed by atoms with Gasteiger partial charge in [0.25, 0.3) is 0 Å². The number of esters is 4. The Morgan fingerprint density at radius 2 is 1.42 bits per heavy atom. The third-order valence-electron chi connectivity index (χ3n) is 7.27. The first-order valence-electron chi connectivity index (χ1n) is 16.5. The van der Waals surface area contributed by atoms with Gasteiger partial charge in [0.15, 0.2) is 30.9 Å². The van der Waals surface area contributed by atoms with Crippen LogP contribution in [0.2, 0.25) is 0 Å². The Kier molecular flexibility index (Phi) is 17.5. The second-order valence-electron chi connectivity index (χ2n) is 11.6. The van der Waals surface area contributed by atoms with Crippen LogP contribution in [0.5, 0.6) is 0 Å². The lowest BCUT2D eigenvalue weighted by molar-refractivity contribution is -0.347. The Morgan fingerprint density at radius 3 is 2.08 bits per heavy atom. The zero-order valence-corrected chi connectivity index (χ0v) is 29.4. The number of hydrogen-bond donors (Lipinski definition) is 2. The third kappa shape index (κ3) is 15.4. The maximum Gasteiger partial charge on any atom is 0.407 e. The Balaban J connectivity index is 1.72. The van der Waals surface area contributed by atoms with E-state index in [0.717, 1.165) is 19.4 Å². The number of nitrogens with one attached hydrogen (secondary N) is 1. The second-order valence-corrected chi connectivity index (χ2v) is 11.6. The van der Waals surface area contributed by atoms with Gasteiger partial charge in [0.1, 0.15) is 32.0 Å². The molecule has 3 N–H and O–H groups in total. The Morgan fingerprint density at radius 1 is 0.750 bits per heavy atom. The van der Waals surface area contributed by atoms with Crippen LogP contribution in [-0.4, -0.2) is 125 Å². The van der Waals surface area contributed by atoms with Gasteiger partial charge in [0.2, 0.25) is 0 Å². The summed E-state index contributed by atoms with van der Waals surface area (Å²) in [6, 6.07) is 9.17. The van der Waals surface area contributed by atoms with Crippen LogP contribution in [0.25, 0.3) is 0 Å². The lowest BCUT2D eigenvalue weighted by Gasteiger charge is -2.46. The van der Waals surface area contributed by atoms with E-state index >= 15 is 0 Å². The van der Waals surface area contributed by atoms with Crippen LogP contribution < -0.4 is 11.1 Å². The molecule has 2 heterocycles. The molecule has 19 nitrogen and oxygen atoms in total. The summed E-state index contributed by atoms with van der Waals surface area (Å²) in [6.45, 7) is 4.19. The fourth-order valence-electron chi connectivity index (χ4n) is 5.25. The lowest BCUT2D eigenvalue weighted by atomic mass is 9.97. The van der Waals surface area contributed by atoms with Gasteiger partial charge in [0.05, 0.1) is 25.9 Å². The van der Waals surface area contributed by atoms with Crippen molar-refractivity contribution in [3.63, 3.8) is 0 Å². The van der Waals surface area contributed by atoms with Crippen LogP contribution >= 0.6 is 0 Å². The normalized spacial score (nSPS) is 25.5. The molecule has 2 amide bonds. The summed E-state index contributed by atoms with van der Waals surface area (Å²) in [5, 5.41) is 2.57. The molecule has 0 aliphatic carbocycles. The van der Waals surface area contributed by atoms with E-state index in [1.807, 2.05) is 30.3 Å². The standard InChI is InChI=1S/C33H46N2O17/c1-19(36)44-17-25-14-24(50-32(34)40)15-27(49-25)52-30-29(48-22(4)39)28(47-21(3)38)26(18-45-20(2)37)51-31(30)43-13-12-42-11-10-35-33(41)46-16-23-8-6-5-7-9-23/h5-9,24-31H,10-18H2,1-4H3,(H2,34,40)(H,35,41)/t24-,25+,26-,27+,28+,29-,30-,31-/m0/s1. The number of rotatable bonds is 18. The van der Waals surface area contributed by atoms with E-state index in [9.17, 15) is 28.8 Å². The van der Waals surface area contributed by atoms with Gasteiger partial charge in [-0.15, -0.1) is 0 Å². The fourth-order valence-corrected chi connectivity index (χ4v) is 5.25. The van der Waals surface area contributed by atoms with Gasteiger partial charge >= 0.3 is 36.1 Å². The zero-order valence-electron chi connectivity index (χ0n) is 29.4. The molecule has 0 unspecified atom stereocenters. The molecule has 0 radical (unpaired) electrons. The SMILES string of the molecule is CC(=O)OC[C@H]1C[C@H](OC(N)=O)C[C@@H](O[C@@H]2[C@@H](OCCOCCNC(=O)OCc3ccccc3)O[C@@H](COC(C)=O)[C@@H](OC(C)=O)[C@@H]2OC(C)=O)O1. The molecule has 0 saturated carbocycles. The van der Waals surface area contributed by atoms with E-state index in [4.69, 9.17) is 57.8 Å². The Labute approximate surface area is 299 Å². The highest BCUT2D eigenvalue weighted by Gasteiger charge is 2.53. The highest BCUT2D eigenvalue weighted by atomic mass is 16.8. The molecule has 0 aromatic heterocycles. The molecule has 2 saturated heterocycles. The van der Waals surface area contributed by atoms with Crippen molar-refractivity contribution in [2.75, 3.05) is 39.6 Å². The lowest BCUT2D eigenvalue weighted by Crippen LogP contribution is -2.63. The maximum atomic E-state index is 12.4. The van der Waals surface area contributed by atoms with E-state index in [0.29, 0.717) is 0 Å². The highest BCUT2D eigenvalue weighted by Crippen LogP contribution is 2.33. The van der Waals surface area contributed by atoms with Crippen LogP contribution in [0.4, 0.5) is 9.59 Å². The number of hydrogen-bond acceptors (Lipinski definition) is 17. The largest absolute Gasteiger partial charge is 0.463 e. The van der Waals surface area contributed by atoms with Gasteiger partial charge < -0.3 is 63.2 Å². The first kappa shape index (κ1) is 41.9. The molecule has 1 aromatic carbocycles. The van der Waals surface area contributed by atoms with Crippen molar-refractivity contribution < 1.29 is 80.9 Å². The van der Waals surface area contributed by atoms with Crippen molar-refractivity contribution in [3.05, 3.63) is 35.9 Å². The van der Waals surface area contributed by atoms with Crippen LogP contribution in [0.1, 0.15) is 46.1 Å². The van der Waals surface area contributed by atoms with Crippen molar-refractivity contribution in [3.8, 4) is 0 Å². The molecular weight excluding hydrogens is 696 g/mol. The Hall–Kier alpha value is -4.56. The summed E-state index contributed by atoms with van der Waals surface area (Å²) in [6.07, 6.45) is -11.2. The number of benzene rings is 1. The summed E-state index contributed by atoms with van der Waals surface area (Å²) in [5.74, 6) is -2.79. The maximum absolute atomic E-state index is 12.4. The quantitative estimate of drug-likeness (QED) is 0.121. The number of alkyl carbamates (subject to hydrolysis) is 1. The van der Waals surface area contributed by atoms with Gasteiger partial charge in [-0.2, -0.15) is 0 Å². The van der Waals surface area contributed by atoms with Crippen LogP contribution in [0, 0.1) is 0 Å². The van der Waals surface area contributed by atoms with Crippen LogP contribution in [0.3, 0.4) is 0 Å². The molecule has 2 fully saturated rings. The molecule has 1 aromatic rings. The highest BCUT2D eigenvalue weighted by molar-refractivity contribution is 5.68. The minimum Gasteiger partial charge on any atom is -0.463 e. The average molecular weight is 743 g/mol. The topological polar surface area (TPSA) is 242 Å². The number of carbonyl (C=O) groups excluding carboxylic acids is 6. The third-order valence-corrected chi connectivity index (χ3v) is 7.27. The van der Waals surface area contributed by atoms with E-state index in [1.54, 1.807) is 0 Å². The summed E-state index contributed by atoms with van der Waals surface area (Å²) in [4.78, 5) is 71.3. The number of nitrogens with two attached hydrogens (primary N) is 1. The monoisotopic (exact) mass is 742 g/mol. The van der Waals surface area contributed by atoms with E-state index in [2.05, 4.69) is 5.32 Å². The first-order chi connectivity index (χ1) is 24.8. The van der Waals surface area contributed by atoms with Crippen molar-refractivity contribution in [2.45, 2.75) is 96.3 Å². The number of ether oxygens (including phenoxy) is 11. The van der Waals surface area contributed by atoms with Crippen LogP contribution in [-0.2, 0) is 77.9 Å². The zero-order chi connectivity index (χ0) is 38.0. The van der Waals surface area contributed by atoms with E-state index in [1.165, 1.54) is 13.8 Å². The summed E-state index contributed by atoms with van der Waals surface area (Å²) < 4.78 is 61.5. The summed E-state index contributed by atoms with van der Waals surface area (Å²) >= 11 is 0. The minimum absolute atomic E-state index is 0.00748. The Bertz CT molecular complexity index is 1330. The number of primary amides is 1.